The molecule has 0 aliphatic rings. The fourth-order valence-electron chi connectivity index (χ4n) is 3.40. The molecule has 0 aliphatic carbocycles. The lowest BCUT2D eigenvalue weighted by molar-refractivity contribution is -0.143. The number of nitrogens with zero attached hydrogens (tertiary/aromatic N) is 4. The number of fused-ring (bicyclic) bond motifs is 3. The Morgan fingerprint density at radius 2 is 1.90 bits per heavy atom. The highest BCUT2D eigenvalue weighted by molar-refractivity contribution is 7.99. The standard InChI is InChI=1S/C23H24N4O2S/c1-3-29-20(28)9-6-14-30-23-24-22-21(25-26-23)18-7-4-5-8-19(18)27(22)15-17-12-10-16(2)11-13-17/h4-5,7-8,10-13H,3,6,9,14-15H2,1-2H3. The summed E-state index contributed by atoms with van der Waals surface area (Å²) < 4.78 is 7.17. The minimum absolute atomic E-state index is 0.161. The lowest BCUT2D eigenvalue weighted by Crippen LogP contribution is -2.04. The van der Waals surface area contributed by atoms with Gasteiger partial charge in [0, 0.05) is 24.1 Å². The first kappa shape index (κ1) is 20.3. The van der Waals surface area contributed by atoms with Crippen LogP contribution < -0.4 is 0 Å². The Hall–Kier alpha value is -2.93. The van der Waals surface area contributed by atoms with Crippen LogP contribution in [0.4, 0.5) is 0 Å². The van der Waals surface area contributed by atoms with E-state index in [1.54, 1.807) is 0 Å². The Bertz CT molecular complexity index is 1170. The van der Waals surface area contributed by atoms with Gasteiger partial charge in [-0.15, -0.1) is 10.2 Å². The van der Waals surface area contributed by atoms with E-state index >= 15 is 0 Å². The number of hydrogen-bond donors (Lipinski definition) is 0. The summed E-state index contributed by atoms with van der Waals surface area (Å²) in [6.45, 7) is 5.04. The number of esters is 1. The summed E-state index contributed by atoms with van der Waals surface area (Å²) in [6.07, 6.45) is 1.13. The van der Waals surface area contributed by atoms with Crippen LogP contribution in [-0.4, -0.2) is 38.1 Å². The monoisotopic (exact) mass is 420 g/mol. The third-order valence-electron chi connectivity index (χ3n) is 4.88. The number of thioether (sulfide) groups is 1. The molecule has 2 aromatic heterocycles. The maximum atomic E-state index is 11.5. The molecule has 30 heavy (non-hydrogen) atoms. The molecule has 0 fully saturated rings. The Labute approximate surface area is 179 Å². The molecule has 0 saturated heterocycles. The SMILES string of the molecule is CCOC(=O)CCCSc1nnc2c3ccccc3n(Cc3ccc(C)cc3)c2n1. The number of benzene rings is 2. The number of ether oxygens (including phenoxy) is 1. The molecule has 0 aliphatic heterocycles. The van der Waals surface area contributed by atoms with Gasteiger partial charge in [-0.1, -0.05) is 59.8 Å². The number of carbonyl (C=O) groups excluding carboxylic acids is 1. The zero-order chi connectivity index (χ0) is 20.9. The van der Waals surface area contributed by atoms with Gasteiger partial charge in [0.15, 0.2) is 5.65 Å². The topological polar surface area (TPSA) is 69.9 Å². The minimum atomic E-state index is -0.161. The van der Waals surface area contributed by atoms with Crippen LogP contribution in [0.15, 0.2) is 53.7 Å². The number of para-hydroxylation sites is 1. The van der Waals surface area contributed by atoms with Crippen LogP contribution in [0.5, 0.6) is 0 Å². The first-order chi connectivity index (χ1) is 14.7. The lowest BCUT2D eigenvalue weighted by atomic mass is 10.1. The first-order valence-corrected chi connectivity index (χ1v) is 11.1. The van der Waals surface area contributed by atoms with E-state index in [0.717, 1.165) is 40.8 Å². The molecule has 4 rings (SSSR count). The van der Waals surface area contributed by atoms with Crippen LogP contribution in [0.3, 0.4) is 0 Å². The summed E-state index contributed by atoms with van der Waals surface area (Å²) in [5.74, 6) is 0.579. The number of hydrogen-bond acceptors (Lipinski definition) is 6. The summed E-state index contributed by atoms with van der Waals surface area (Å²) in [5.41, 5.74) is 5.20. The predicted octanol–water partition coefficient (Wildman–Crippen LogP) is 4.77. The van der Waals surface area contributed by atoms with Crippen molar-refractivity contribution in [2.75, 3.05) is 12.4 Å². The summed E-state index contributed by atoms with van der Waals surface area (Å²) in [5, 5.41) is 10.5. The summed E-state index contributed by atoms with van der Waals surface area (Å²) >= 11 is 1.52. The molecule has 0 bridgehead atoms. The largest absolute Gasteiger partial charge is 0.466 e. The van der Waals surface area contributed by atoms with Crippen molar-refractivity contribution in [3.8, 4) is 0 Å². The van der Waals surface area contributed by atoms with Crippen LogP contribution in [0.25, 0.3) is 22.1 Å². The highest BCUT2D eigenvalue weighted by Crippen LogP contribution is 2.28. The number of carbonyl (C=O) groups is 1. The zero-order valence-corrected chi connectivity index (χ0v) is 18.0. The highest BCUT2D eigenvalue weighted by atomic mass is 32.2. The van der Waals surface area contributed by atoms with E-state index in [-0.39, 0.29) is 5.97 Å². The Morgan fingerprint density at radius 3 is 2.70 bits per heavy atom. The zero-order valence-electron chi connectivity index (χ0n) is 17.2. The fraction of sp³-hybridized carbons (Fsp3) is 0.304. The molecule has 0 saturated carbocycles. The molecule has 6 nitrogen and oxygen atoms in total. The van der Waals surface area contributed by atoms with E-state index in [1.165, 1.54) is 22.9 Å². The number of aromatic nitrogens is 4. The summed E-state index contributed by atoms with van der Waals surface area (Å²) in [6, 6.07) is 16.8. The number of aryl methyl sites for hydroxylation is 1. The van der Waals surface area contributed by atoms with Gasteiger partial charge in [0.25, 0.3) is 0 Å². The maximum Gasteiger partial charge on any atom is 0.305 e. The van der Waals surface area contributed by atoms with Crippen molar-refractivity contribution in [3.63, 3.8) is 0 Å². The first-order valence-electron chi connectivity index (χ1n) is 10.1. The highest BCUT2D eigenvalue weighted by Gasteiger charge is 2.15. The Morgan fingerprint density at radius 1 is 1.10 bits per heavy atom. The van der Waals surface area contributed by atoms with Crippen molar-refractivity contribution in [2.24, 2.45) is 0 Å². The molecule has 0 N–H and O–H groups in total. The van der Waals surface area contributed by atoms with E-state index in [0.29, 0.717) is 18.2 Å². The minimum Gasteiger partial charge on any atom is -0.466 e. The van der Waals surface area contributed by atoms with Gasteiger partial charge in [0.1, 0.15) is 5.52 Å². The molecule has 7 heteroatoms. The summed E-state index contributed by atoms with van der Waals surface area (Å²) in [4.78, 5) is 16.3. The van der Waals surface area contributed by atoms with Crippen molar-refractivity contribution in [3.05, 3.63) is 59.7 Å². The van der Waals surface area contributed by atoms with E-state index in [1.807, 2.05) is 19.1 Å². The van der Waals surface area contributed by atoms with Gasteiger partial charge >= 0.3 is 5.97 Å². The van der Waals surface area contributed by atoms with E-state index in [2.05, 4.69) is 58.1 Å². The second-order valence-electron chi connectivity index (χ2n) is 7.11. The van der Waals surface area contributed by atoms with Crippen LogP contribution in [-0.2, 0) is 16.1 Å². The van der Waals surface area contributed by atoms with Gasteiger partial charge in [-0.2, -0.15) is 0 Å². The van der Waals surface area contributed by atoms with Crippen molar-refractivity contribution in [2.45, 2.75) is 38.4 Å². The van der Waals surface area contributed by atoms with Gasteiger partial charge in [0.2, 0.25) is 5.16 Å². The second-order valence-corrected chi connectivity index (χ2v) is 8.17. The fourth-order valence-corrected chi connectivity index (χ4v) is 4.12. The van der Waals surface area contributed by atoms with Crippen molar-refractivity contribution < 1.29 is 9.53 Å². The molecule has 0 radical (unpaired) electrons. The van der Waals surface area contributed by atoms with Crippen LogP contribution >= 0.6 is 11.8 Å². The molecule has 2 heterocycles. The van der Waals surface area contributed by atoms with E-state index < -0.39 is 0 Å². The maximum absolute atomic E-state index is 11.5. The Kier molecular flexibility index (Phi) is 6.28. The average Bonchev–Trinajstić information content (AvgIpc) is 3.06. The van der Waals surface area contributed by atoms with E-state index in [4.69, 9.17) is 9.72 Å². The van der Waals surface area contributed by atoms with Gasteiger partial charge in [-0.3, -0.25) is 4.79 Å². The van der Waals surface area contributed by atoms with Crippen LogP contribution in [0.1, 0.15) is 30.9 Å². The van der Waals surface area contributed by atoms with Crippen molar-refractivity contribution in [1.29, 1.82) is 0 Å². The molecule has 0 atom stereocenters. The van der Waals surface area contributed by atoms with Crippen LogP contribution in [0, 0.1) is 6.92 Å². The molecular weight excluding hydrogens is 396 g/mol. The normalized spacial score (nSPS) is 11.3. The molecular formula is C23H24N4O2S. The molecule has 2 aromatic carbocycles. The van der Waals surface area contributed by atoms with Crippen molar-refractivity contribution in [1.82, 2.24) is 19.7 Å². The van der Waals surface area contributed by atoms with Gasteiger partial charge in [0.05, 0.1) is 12.1 Å². The van der Waals surface area contributed by atoms with Gasteiger partial charge in [-0.25, -0.2) is 4.98 Å². The average molecular weight is 421 g/mol. The van der Waals surface area contributed by atoms with Crippen molar-refractivity contribution >= 4 is 39.8 Å². The number of rotatable bonds is 8. The Balaban J connectivity index is 1.60. The second kappa shape index (κ2) is 9.26. The third-order valence-corrected chi connectivity index (χ3v) is 5.80. The molecule has 0 amide bonds. The van der Waals surface area contributed by atoms with Crippen LogP contribution in [0.2, 0.25) is 0 Å². The van der Waals surface area contributed by atoms with Gasteiger partial charge in [-0.05, 0) is 31.9 Å². The summed E-state index contributed by atoms with van der Waals surface area (Å²) in [7, 11) is 0. The predicted molar refractivity (Wildman–Crippen MR) is 120 cm³/mol. The molecule has 0 spiro atoms. The van der Waals surface area contributed by atoms with Gasteiger partial charge < -0.3 is 9.30 Å². The smallest absolute Gasteiger partial charge is 0.305 e. The lowest BCUT2D eigenvalue weighted by Gasteiger charge is -2.08. The molecule has 4 aromatic rings. The quantitative estimate of drug-likeness (QED) is 0.232. The molecule has 0 unspecified atom stereocenters. The molecule has 154 valence electrons. The third kappa shape index (κ3) is 4.46. The van der Waals surface area contributed by atoms with E-state index in [9.17, 15) is 4.79 Å².